The van der Waals surface area contributed by atoms with Gasteiger partial charge in [0, 0.05) is 18.8 Å². The fraction of sp³-hybridized carbons (Fsp3) is 0.385. The van der Waals surface area contributed by atoms with Gasteiger partial charge in [0.1, 0.15) is 11.9 Å². The molecule has 0 aliphatic carbocycles. The molecule has 1 saturated heterocycles. The van der Waals surface area contributed by atoms with E-state index in [-0.39, 0.29) is 0 Å². The Kier molecular flexibility index (Phi) is 2.91. The lowest BCUT2D eigenvalue weighted by Crippen LogP contribution is -2.31. The first-order valence-corrected chi connectivity index (χ1v) is 5.50. The number of aryl methyl sites for hydroxylation is 1. The number of hydrogen-bond acceptors (Lipinski definition) is 3. The molecule has 3 heteroatoms. The first kappa shape index (κ1) is 10.7. The van der Waals surface area contributed by atoms with Gasteiger partial charge in [-0.2, -0.15) is 5.26 Å². The molecule has 0 radical (unpaired) electrons. The molecule has 0 unspecified atom stereocenters. The van der Waals surface area contributed by atoms with Crippen LogP contribution in [0.1, 0.15) is 24.1 Å². The number of nitriles is 1. The second-order valence-corrected chi connectivity index (χ2v) is 4.17. The van der Waals surface area contributed by atoms with Crippen LogP contribution in [0, 0.1) is 18.3 Å². The van der Waals surface area contributed by atoms with Gasteiger partial charge in [0.25, 0.3) is 0 Å². The molecule has 1 fully saturated rings. The largest absolute Gasteiger partial charge is 0.355 e. The Hall–Kier alpha value is -1.82. The summed E-state index contributed by atoms with van der Waals surface area (Å²) >= 11 is 0. The van der Waals surface area contributed by atoms with Crippen LogP contribution < -0.4 is 4.90 Å². The van der Waals surface area contributed by atoms with Gasteiger partial charge in [-0.15, -0.1) is 0 Å². The van der Waals surface area contributed by atoms with Gasteiger partial charge in [-0.25, -0.2) is 4.98 Å². The maximum atomic E-state index is 9.06. The fourth-order valence-corrected chi connectivity index (χ4v) is 1.91. The highest BCUT2D eigenvalue weighted by molar-refractivity contribution is 5.54. The van der Waals surface area contributed by atoms with Crippen molar-refractivity contribution in [2.24, 2.45) is 0 Å². The summed E-state index contributed by atoms with van der Waals surface area (Å²) in [6.07, 6.45) is 2.00. The number of pyridine rings is 1. The van der Waals surface area contributed by atoms with E-state index in [1.807, 2.05) is 19.1 Å². The molecule has 1 aromatic rings. The van der Waals surface area contributed by atoms with E-state index in [1.165, 1.54) is 5.57 Å². The van der Waals surface area contributed by atoms with Crippen molar-refractivity contribution in [1.82, 2.24) is 4.98 Å². The van der Waals surface area contributed by atoms with Gasteiger partial charge in [0.15, 0.2) is 0 Å². The quantitative estimate of drug-likeness (QED) is 0.672. The number of piperidine rings is 1. The minimum atomic E-state index is 0.665. The highest BCUT2D eigenvalue weighted by Gasteiger charge is 2.17. The Morgan fingerprint density at radius 1 is 1.38 bits per heavy atom. The minimum Gasteiger partial charge on any atom is -0.355 e. The summed E-state index contributed by atoms with van der Waals surface area (Å²) < 4.78 is 0. The van der Waals surface area contributed by atoms with Crippen LogP contribution in [0.15, 0.2) is 24.3 Å². The summed E-state index contributed by atoms with van der Waals surface area (Å²) in [5.41, 5.74) is 2.92. The van der Waals surface area contributed by atoms with E-state index < -0.39 is 0 Å². The molecule has 16 heavy (non-hydrogen) atoms. The Morgan fingerprint density at radius 3 is 2.69 bits per heavy atom. The summed E-state index contributed by atoms with van der Waals surface area (Å²) in [7, 11) is 0. The lowest BCUT2D eigenvalue weighted by molar-refractivity contribution is 0.677. The second kappa shape index (κ2) is 4.36. The van der Waals surface area contributed by atoms with Crippen molar-refractivity contribution in [3.05, 3.63) is 35.5 Å². The summed E-state index contributed by atoms with van der Waals surface area (Å²) in [4.78, 5) is 6.65. The highest BCUT2D eigenvalue weighted by atomic mass is 15.2. The third-order valence-electron chi connectivity index (χ3n) is 2.90. The lowest BCUT2D eigenvalue weighted by Gasteiger charge is -2.29. The standard InChI is InChI=1S/C13H15N3/c1-10-5-7-16(8-6-10)13-12(9-14)4-3-11(2)15-13/h3-4H,1,5-8H2,2H3. The maximum absolute atomic E-state index is 9.06. The topological polar surface area (TPSA) is 39.9 Å². The average molecular weight is 213 g/mol. The van der Waals surface area contributed by atoms with Crippen molar-refractivity contribution in [2.75, 3.05) is 18.0 Å². The van der Waals surface area contributed by atoms with Gasteiger partial charge in [-0.05, 0) is 31.9 Å². The molecule has 0 N–H and O–H groups in total. The van der Waals surface area contributed by atoms with Crippen molar-refractivity contribution >= 4 is 5.82 Å². The summed E-state index contributed by atoms with van der Waals surface area (Å²) in [6, 6.07) is 5.93. The SMILES string of the molecule is C=C1CCN(c2nc(C)ccc2C#N)CC1. The van der Waals surface area contributed by atoms with Crippen LogP contribution in [0.25, 0.3) is 0 Å². The Morgan fingerprint density at radius 2 is 2.06 bits per heavy atom. The predicted octanol–water partition coefficient (Wildman–Crippen LogP) is 2.42. The number of hydrogen-bond donors (Lipinski definition) is 0. The zero-order valence-electron chi connectivity index (χ0n) is 9.53. The van der Waals surface area contributed by atoms with Gasteiger partial charge in [0.05, 0.1) is 5.56 Å². The minimum absolute atomic E-state index is 0.665. The van der Waals surface area contributed by atoms with Crippen LogP contribution >= 0.6 is 0 Å². The Bertz CT molecular complexity index is 447. The van der Waals surface area contributed by atoms with E-state index >= 15 is 0 Å². The summed E-state index contributed by atoms with van der Waals surface area (Å²) in [5, 5.41) is 9.06. The molecule has 0 spiro atoms. The number of rotatable bonds is 1. The van der Waals surface area contributed by atoms with Crippen LogP contribution in [0.2, 0.25) is 0 Å². The normalized spacial score (nSPS) is 16.0. The van der Waals surface area contributed by atoms with Crippen LogP contribution in [0.3, 0.4) is 0 Å². The van der Waals surface area contributed by atoms with Gasteiger partial charge in [0.2, 0.25) is 0 Å². The molecule has 2 rings (SSSR count). The van der Waals surface area contributed by atoms with Crippen molar-refractivity contribution < 1.29 is 0 Å². The van der Waals surface area contributed by atoms with E-state index in [2.05, 4.69) is 22.5 Å². The number of nitrogens with zero attached hydrogens (tertiary/aromatic N) is 3. The number of anilines is 1. The van der Waals surface area contributed by atoms with Crippen LogP contribution in [-0.4, -0.2) is 18.1 Å². The predicted molar refractivity (Wildman–Crippen MR) is 64.3 cm³/mol. The highest BCUT2D eigenvalue weighted by Crippen LogP contribution is 2.23. The van der Waals surface area contributed by atoms with Gasteiger partial charge < -0.3 is 4.90 Å². The molecular weight excluding hydrogens is 198 g/mol. The molecule has 3 nitrogen and oxygen atoms in total. The van der Waals surface area contributed by atoms with E-state index in [4.69, 9.17) is 5.26 Å². The molecule has 0 aromatic carbocycles. The zero-order chi connectivity index (χ0) is 11.5. The third kappa shape index (κ3) is 2.06. The van der Waals surface area contributed by atoms with Crippen LogP contribution in [-0.2, 0) is 0 Å². The maximum Gasteiger partial charge on any atom is 0.146 e. The summed E-state index contributed by atoms with van der Waals surface area (Å²) in [5.74, 6) is 0.829. The van der Waals surface area contributed by atoms with E-state index in [9.17, 15) is 0 Å². The van der Waals surface area contributed by atoms with Crippen LogP contribution in [0.4, 0.5) is 5.82 Å². The molecule has 0 bridgehead atoms. The smallest absolute Gasteiger partial charge is 0.146 e. The molecule has 0 amide bonds. The molecular formula is C13H15N3. The van der Waals surface area contributed by atoms with Crippen molar-refractivity contribution in [3.63, 3.8) is 0 Å². The molecule has 0 saturated carbocycles. The zero-order valence-corrected chi connectivity index (χ0v) is 9.53. The van der Waals surface area contributed by atoms with Gasteiger partial charge >= 0.3 is 0 Å². The summed E-state index contributed by atoms with van der Waals surface area (Å²) in [6.45, 7) is 7.78. The lowest BCUT2D eigenvalue weighted by atomic mass is 10.1. The second-order valence-electron chi connectivity index (χ2n) is 4.17. The monoisotopic (exact) mass is 213 g/mol. The van der Waals surface area contributed by atoms with E-state index in [1.54, 1.807) is 0 Å². The average Bonchev–Trinajstić information content (AvgIpc) is 2.30. The van der Waals surface area contributed by atoms with Crippen molar-refractivity contribution in [1.29, 1.82) is 5.26 Å². The van der Waals surface area contributed by atoms with E-state index in [0.717, 1.165) is 37.4 Å². The van der Waals surface area contributed by atoms with Crippen molar-refractivity contribution in [2.45, 2.75) is 19.8 Å². The molecule has 1 aliphatic heterocycles. The molecule has 82 valence electrons. The molecule has 1 aliphatic rings. The third-order valence-corrected chi connectivity index (χ3v) is 2.90. The van der Waals surface area contributed by atoms with Crippen molar-refractivity contribution in [3.8, 4) is 6.07 Å². The molecule has 0 atom stereocenters. The fourth-order valence-electron chi connectivity index (χ4n) is 1.91. The van der Waals surface area contributed by atoms with Crippen LogP contribution in [0.5, 0.6) is 0 Å². The molecule has 2 heterocycles. The Balaban J connectivity index is 2.29. The van der Waals surface area contributed by atoms with E-state index in [0.29, 0.717) is 5.56 Å². The van der Waals surface area contributed by atoms with Gasteiger partial charge in [-0.1, -0.05) is 12.2 Å². The first-order valence-electron chi connectivity index (χ1n) is 5.50. The molecule has 1 aromatic heterocycles. The Labute approximate surface area is 96.0 Å². The van der Waals surface area contributed by atoms with Gasteiger partial charge in [-0.3, -0.25) is 0 Å². The number of aromatic nitrogens is 1. The first-order chi connectivity index (χ1) is 7.70.